The van der Waals surface area contributed by atoms with E-state index in [-0.39, 0.29) is 11.4 Å². The molecule has 1 aliphatic rings. The topological polar surface area (TPSA) is 50.4 Å². The molecule has 1 rings (SSSR count). The minimum absolute atomic E-state index is 0.0766. The molecule has 4 heteroatoms. The maximum Gasteiger partial charge on any atom is 0.234 e. The molecule has 94 valence electrons. The number of rotatable bonds is 6. The van der Waals surface area contributed by atoms with Crippen LogP contribution in [0.3, 0.4) is 0 Å². The van der Waals surface area contributed by atoms with Crippen LogP contribution in [0.15, 0.2) is 0 Å². The van der Waals surface area contributed by atoms with E-state index < -0.39 is 0 Å². The van der Waals surface area contributed by atoms with Gasteiger partial charge in [-0.05, 0) is 33.1 Å². The first-order valence-electron chi connectivity index (χ1n) is 6.04. The largest absolute Gasteiger partial charge is 0.381 e. The molecule has 0 aromatic heterocycles. The Labute approximate surface area is 98.1 Å². The molecule has 0 heterocycles. The Balaban J connectivity index is 2.12. The summed E-state index contributed by atoms with van der Waals surface area (Å²) in [5.41, 5.74) is -0.104. The van der Waals surface area contributed by atoms with E-state index in [1.165, 1.54) is 0 Å². The van der Waals surface area contributed by atoms with Crippen molar-refractivity contribution in [2.75, 3.05) is 13.7 Å². The van der Waals surface area contributed by atoms with Crippen LogP contribution in [0.2, 0.25) is 0 Å². The van der Waals surface area contributed by atoms with Crippen LogP contribution < -0.4 is 10.6 Å². The molecule has 2 N–H and O–H groups in total. The lowest BCUT2D eigenvalue weighted by molar-refractivity contribution is -0.122. The predicted octanol–water partition coefficient (Wildman–Crippen LogP) is 1.06. The minimum Gasteiger partial charge on any atom is -0.381 e. The fraction of sp³-hybridized carbons (Fsp3) is 0.917. The van der Waals surface area contributed by atoms with Crippen molar-refractivity contribution in [1.82, 2.24) is 10.6 Å². The van der Waals surface area contributed by atoms with Gasteiger partial charge in [-0.25, -0.2) is 0 Å². The monoisotopic (exact) mass is 228 g/mol. The number of amides is 1. The van der Waals surface area contributed by atoms with Crippen molar-refractivity contribution in [3.8, 4) is 0 Å². The van der Waals surface area contributed by atoms with E-state index in [1.807, 2.05) is 13.8 Å². The number of nitrogens with one attached hydrogen (secondary N) is 2. The molecule has 0 saturated heterocycles. The average Bonchev–Trinajstić information content (AvgIpc) is 2.15. The maximum atomic E-state index is 11.6. The van der Waals surface area contributed by atoms with Gasteiger partial charge in [0.2, 0.25) is 5.91 Å². The fourth-order valence-electron chi connectivity index (χ4n) is 1.67. The van der Waals surface area contributed by atoms with E-state index in [9.17, 15) is 4.79 Å². The van der Waals surface area contributed by atoms with Crippen molar-refractivity contribution in [3.63, 3.8) is 0 Å². The third kappa shape index (κ3) is 4.10. The second-order valence-corrected chi connectivity index (χ2v) is 5.19. The Kier molecular flexibility index (Phi) is 4.74. The molecule has 0 unspecified atom stereocenters. The molecule has 0 aromatic rings. The quantitative estimate of drug-likeness (QED) is 0.714. The van der Waals surface area contributed by atoms with Gasteiger partial charge in [-0.15, -0.1) is 0 Å². The summed E-state index contributed by atoms with van der Waals surface area (Å²) in [6, 6.07) is 0.445. The molecular weight excluding hydrogens is 204 g/mol. The number of hydrogen-bond acceptors (Lipinski definition) is 3. The third-order valence-electron chi connectivity index (χ3n) is 3.34. The van der Waals surface area contributed by atoms with Crippen molar-refractivity contribution in [2.24, 2.45) is 0 Å². The van der Waals surface area contributed by atoms with Crippen LogP contribution in [-0.4, -0.2) is 37.2 Å². The third-order valence-corrected chi connectivity index (χ3v) is 3.34. The minimum atomic E-state index is -0.104. The lowest BCUT2D eigenvalue weighted by Crippen LogP contribution is -2.51. The molecule has 1 fully saturated rings. The van der Waals surface area contributed by atoms with Gasteiger partial charge in [0.15, 0.2) is 0 Å². The first kappa shape index (κ1) is 13.5. The zero-order valence-corrected chi connectivity index (χ0v) is 10.8. The molecule has 0 atom stereocenters. The van der Waals surface area contributed by atoms with Crippen LogP contribution in [0, 0.1) is 0 Å². The van der Waals surface area contributed by atoms with Crippen molar-refractivity contribution in [3.05, 3.63) is 0 Å². The zero-order valence-electron chi connectivity index (χ0n) is 10.8. The van der Waals surface area contributed by atoms with Crippen molar-refractivity contribution >= 4 is 5.91 Å². The molecule has 1 saturated carbocycles. The Morgan fingerprint density at radius 1 is 1.44 bits per heavy atom. The number of carbonyl (C=O) groups excluding carboxylic acids is 1. The molecule has 0 aliphatic heterocycles. The molecule has 1 amide bonds. The Bertz CT molecular complexity index is 235. The standard InChI is InChI=1S/C12H24N2O2/c1-5-12(2,3)14-11(15)8-13-9-6-10(7-9)16-4/h9-10,13H,5-8H2,1-4H3,(H,14,15). The molecule has 0 spiro atoms. The Hall–Kier alpha value is -0.610. The van der Waals surface area contributed by atoms with Crippen molar-refractivity contribution < 1.29 is 9.53 Å². The summed E-state index contributed by atoms with van der Waals surface area (Å²) in [5.74, 6) is 0.0766. The van der Waals surface area contributed by atoms with Crippen LogP contribution in [0.5, 0.6) is 0 Å². The van der Waals surface area contributed by atoms with E-state index in [4.69, 9.17) is 4.74 Å². The van der Waals surface area contributed by atoms with Crippen molar-refractivity contribution in [1.29, 1.82) is 0 Å². The fourth-order valence-corrected chi connectivity index (χ4v) is 1.67. The molecule has 16 heavy (non-hydrogen) atoms. The highest BCUT2D eigenvalue weighted by Gasteiger charge is 2.29. The van der Waals surface area contributed by atoms with E-state index in [2.05, 4.69) is 17.6 Å². The lowest BCUT2D eigenvalue weighted by atomic mass is 9.89. The predicted molar refractivity (Wildman–Crippen MR) is 64.3 cm³/mol. The average molecular weight is 228 g/mol. The molecule has 4 nitrogen and oxygen atoms in total. The highest BCUT2D eigenvalue weighted by atomic mass is 16.5. The van der Waals surface area contributed by atoms with Gasteiger partial charge in [-0.3, -0.25) is 4.79 Å². The smallest absolute Gasteiger partial charge is 0.234 e. The van der Waals surface area contributed by atoms with Crippen molar-refractivity contribution in [2.45, 2.75) is 57.7 Å². The molecule has 0 bridgehead atoms. The number of methoxy groups -OCH3 is 1. The molecule has 0 aromatic carbocycles. The van der Waals surface area contributed by atoms with Gasteiger partial charge < -0.3 is 15.4 Å². The van der Waals surface area contributed by atoms with Crippen LogP contribution in [0.1, 0.15) is 40.0 Å². The van der Waals surface area contributed by atoms with Gasteiger partial charge in [0.25, 0.3) is 0 Å². The highest BCUT2D eigenvalue weighted by molar-refractivity contribution is 5.78. The second kappa shape index (κ2) is 5.64. The van der Waals surface area contributed by atoms with Gasteiger partial charge >= 0.3 is 0 Å². The molecule has 1 aliphatic carbocycles. The first-order valence-corrected chi connectivity index (χ1v) is 6.04. The first-order chi connectivity index (χ1) is 7.46. The van der Waals surface area contributed by atoms with Gasteiger partial charge in [-0.1, -0.05) is 6.92 Å². The highest BCUT2D eigenvalue weighted by Crippen LogP contribution is 2.22. The summed E-state index contributed by atoms with van der Waals surface area (Å²) >= 11 is 0. The molecule has 0 radical (unpaired) electrons. The maximum absolute atomic E-state index is 11.6. The summed E-state index contributed by atoms with van der Waals surface area (Å²) in [7, 11) is 1.73. The zero-order chi connectivity index (χ0) is 12.2. The van der Waals surface area contributed by atoms with Crippen LogP contribution in [0.4, 0.5) is 0 Å². The Morgan fingerprint density at radius 2 is 2.06 bits per heavy atom. The summed E-state index contributed by atoms with van der Waals surface area (Å²) in [4.78, 5) is 11.6. The van der Waals surface area contributed by atoms with Gasteiger partial charge in [0.05, 0.1) is 12.6 Å². The van der Waals surface area contributed by atoms with E-state index in [0.717, 1.165) is 19.3 Å². The number of ether oxygens (including phenoxy) is 1. The van der Waals surface area contributed by atoms with E-state index >= 15 is 0 Å². The lowest BCUT2D eigenvalue weighted by Gasteiger charge is -2.35. The second-order valence-electron chi connectivity index (χ2n) is 5.19. The van der Waals surface area contributed by atoms with E-state index in [0.29, 0.717) is 18.7 Å². The SMILES string of the molecule is CCC(C)(C)NC(=O)CNC1CC(OC)C1. The van der Waals surface area contributed by atoms with Gasteiger partial charge in [0, 0.05) is 18.7 Å². The van der Waals surface area contributed by atoms with Gasteiger partial charge in [-0.2, -0.15) is 0 Å². The van der Waals surface area contributed by atoms with Crippen LogP contribution >= 0.6 is 0 Å². The molecular formula is C12H24N2O2. The summed E-state index contributed by atoms with van der Waals surface area (Å²) in [5, 5.41) is 6.24. The van der Waals surface area contributed by atoms with Crippen LogP contribution in [0.25, 0.3) is 0 Å². The van der Waals surface area contributed by atoms with Crippen LogP contribution in [-0.2, 0) is 9.53 Å². The van der Waals surface area contributed by atoms with Gasteiger partial charge in [0.1, 0.15) is 0 Å². The number of hydrogen-bond donors (Lipinski definition) is 2. The number of carbonyl (C=O) groups is 1. The summed E-state index contributed by atoms with van der Waals surface area (Å²) < 4.78 is 5.18. The van der Waals surface area contributed by atoms with E-state index in [1.54, 1.807) is 7.11 Å². The Morgan fingerprint density at radius 3 is 2.56 bits per heavy atom. The summed E-state index contributed by atoms with van der Waals surface area (Å²) in [6.07, 6.45) is 3.35. The normalized spacial score (nSPS) is 25.0. The summed E-state index contributed by atoms with van der Waals surface area (Å²) in [6.45, 7) is 6.55.